The Hall–Kier alpha value is -2.49. The molecule has 1 heterocycles. The summed E-state index contributed by atoms with van der Waals surface area (Å²) in [6, 6.07) is 12.2. The quantitative estimate of drug-likeness (QED) is 0.881. The lowest BCUT2D eigenvalue weighted by Crippen LogP contribution is -2.33. The molecular weight excluding hydrogens is 268 g/mol. The zero-order valence-corrected chi connectivity index (χ0v) is 11.8. The van der Waals surface area contributed by atoms with Crippen molar-refractivity contribution in [2.75, 3.05) is 0 Å². The average Bonchev–Trinajstić information content (AvgIpc) is 2.44. The molecule has 0 radical (unpaired) electrons. The molecule has 108 valence electrons. The van der Waals surface area contributed by atoms with Crippen molar-refractivity contribution in [3.63, 3.8) is 0 Å². The highest BCUT2D eigenvalue weighted by Gasteiger charge is 2.43. The second-order valence-corrected chi connectivity index (χ2v) is 5.82. The number of phenolic OH excluding ortho intramolecular Hbond substituents is 1. The van der Waals surface area contributed by atoms with Crippen LogP contribution in [0.15, 0.2) is 42.5 Å². The van der Waals surface area contributed by atoms with E-state index in [2.05, 4.69) is 0 Å². The summed E-state index contributed by atoms with van der Waals surface area (Å²) in [6.45, 7) is 3.41. The molecule has 2 N–H and O–H groups in total. The smallest absolute Gasteiger partial charge is 0.310 e. The Labute approximate surface area is 122 Å². The van der Waals surface area contributed by atoms with Crippen LogP contribution < -0.4 is 4.74 Å². The van der Waals surface area contributed by atoms with Gasteiger partial charge in [0.15, 0.2) is 0 Å². The molecule has 0 amide bonds. The summed E-state index contributed by atoms with van der Waals surface area (Å²) in [6.07, 6.45) is 0. The highest BCUT2D eigenvalue weighted by atomic mass is 16.5. The molecule has 21 heavy (non-hydrogen) atoms. The van der Waals surface area contributed by atoms with Crippen molar-refractivity contribution < 1.29 is 19.7 Å². The predicted molar refractivity (Wildman–Crippen MR) is 77.9 cm³/mol. The Morgan fingerprint density at radius 3 is 2.48 bits per heavy atom. The standard InChI is InChI=1S/C17H16O4/c1-17(2,16(19)20)15-11-5-3-4-6-13(11)21-14-9-10(18)7-8-12(14)15/h3-9,15,18H,1-2H3,(H,19,20)/t15-/m1/s1. The van der Waals surface area contributed by atoms with Crippen molar-refractivity contribution in [2.45, 2.75) is 19.8 Å². The van der Waals surface area contributed by atoms with Crippen LogP contribution in [-0.4, -0.2) is 16.2 Å². The molecule has 1 atom stereocenters. The van der Waals surface area contributed by atoms with E-state index in [9.17, 15) is 15.0 Å². The second kappa shape index (κ2) is 4.52. The van der Waals surface area contributed by atoms with Gasteiger partial charge in [-0.15, -0.1) is 0 Å². The molecule has 1 aliphatic heterocycles. The van der Waals surface area contributed by atoms with E-state index in [0.29, 0.717) is 11.5 Å². The summed E-state index contributed by atoms with van der Waals surface area (Å²) >= 11 is 0. The minimum absolute atomic E-state index is 0.0972. The number of fused-ring (bicyclic) bond motifs is 2. The number of carboxylic acids is 1. The van der Waals surface area contributed by atoms with Crippen LogP contribution in [0.5, 0.6) is 17.2 Å². The number of phenols is 1. The summed E-state index contributed by atoms with van der Waals surface area (Å²) in [5.41, 5.74) is 0.632. The Kier molecular flexibility index (Phi) is 2.90. The monoisotopic (exact) mass is 284 g/mol. The van der Waals surface area contributed by atoms with Crippen LogP contribution in [0, 0.1) is 5.41 Å². The number of hydrogen-bond acceptors (Lipinski definition) is 3. The van der Waals surface area contributed by atoms with Gasteiger partial charge in [0, 0.05) is 23.1 Å². The number of rotatable bonds is 2. The van der Waals surface area contributed by atoms with Gasteiger partial charge in [-0.1, -0.05) is 24.3 Å². The summed E-state index contributed by atoms with van der Waals surface area (Å²) < 4.78 is 5.81. The van der Waals surface area contributed by atoms with Crippen LogP contribution in [-0.2, 0) is 4.79 Å². The summed E-state index contributed by atoms with van der Waals surface area (Å²) in [5, 5.41) is 19.2. The molecule has 2 aromatic carbocycles. The number of carboxylic acid groups (broad SMARTS) is 1. The first kappa shape index (κ1) is 13.5. The number of aromatic hydroxyl groups is 1. The molecule has 0 aromatic heterocycles. The summed E-state index contributed by atoms with van der Waals surface area (Å²) in [4.78, 5) is 11.7. The van der Waals surface area contributed by atoms with Crippen LogP contribution in [0.2, 0.25) is 0 Å². The molecule has 0 fully saturated rings. The predicted octanol–water partition coefficient (Wildman–Crippen LogP) is 3.74. The minimum Gasteiger partial charge on any atom is -0.508 e. The van der Waals surface area contributed by atoms with Crippen LogP contribution >= 0.6 is 0 Å². The van der Waals surface area contributed by atoms with Gasteiger partial charge in [-0.25, -0.2) is 0 Å². The average molecular weight is 284 g/mol. The fourth-order valence-corrected chi connectivity index (χ4v) is 2.85. The lowest BCUT2D eigenvalue weighted by molar-refractivity contribution is -0.147. The molecule has 0 saturated carbocycles. The van der Waals surface area contributed by atoms with E-state index in [1.165, 1.54) is 6.07 Å². The molecule has 2 aromatic rings. The Bertz CT molecular complexity index is 718. The maximum absolute atomic E-state index is 11.7. The first-order valence-corrected chi connectivity index (χ1v) is 6.74. The molecule has 0 bridgehead atoms. The van der Waals surface area contributed by atoms with Gasteiger partial charge in [-0.3, -0.25) is 4.79 Å². The number of aliphatic carboxylic acids is 1. The first-order valence-electron chi connectivity index (χ1n) is 6.74. The third-order valence-corrected chi connectivity index (χ3v) is 4.03. The maximum Gasteiger partial charge on any atom is 0.310 e. The van der Waals surface area contributed by atoms with E-state index in [4.69, 9.17) is 4.74 Å². The van der Waals surface area contributed by atoms with Gasteiger partial charge in [-0.05, 0) is 26.0 Å². The Morgan fingerprint density at radius 1 is 1.10 bits per heavy atom. The first-order chi connectivity index (χ1) is 9.91. The molecule has 0 saturated heterocycles. The molecule has 0 aliphatic carbocycles. The minimum atomic E-state index is -0.994. The molecule has 0 spiro atoms. The third-order valence-electron chi connectivity index (χ3n) is 4.03. The molecule has 3 rings (SSSR count). The Balaban J connectivity index is 2.26. The van der Waals surface area contributed by atoms with Gasteiger partial charge in [0.25, 0.3) is 0 Å². The number of carbonyl (C=O) groups is 1. The van der Waals surface area contributed by atoms with E-state index in [1.54, 1.807) is 26.0 Å². The van der Waals surface area contributed by atoms with Crippen molar-refractivity contribution in [1.82, 2.24) is 0 Å². The van der Waals surface area contributed by atoms with Crippen LogP contribution in [0.25, 0.3) is 0 Å². The fraction of sp³-hybridized carbons (Fsp3) is 0.235. The Morgan fingerprint density at radius 2 is 1.76 bits per heavy atom. The van der Waals surface area contributed by atoms with Crippen molar-refractivity contribution in [3.05, 3.63) is 53.6 Å². The van der Waals surface area contributed by atoms with Gasteiger partial charge in [-0.2, -0.15) is 0 Å². The molecular formula is C17H16O4. The summed E-state index contributed by atoms with van der Waals surface area (Å²) in [7, 11) is 0. The van der Waals surface area contributed by atoms with Crippen molar-refractivity contribution >= 4 is 5.97 Å². The second-order valence-electron chi connectivity index (χ2n) is 5.82. The van der Waals surface area contributed by atoms with Gasteiger partial charge in [0.05, 0.1) is 5.41 Å². The van der Waals surface area contributed by atoms with Crippen LogP contribution in [0.1, 0.15) is 30.9 Å². The van der Waals surface area contributed by atoms with Crippen LogP contribution in [0.4, 0.5) is 0 Å². The lowest BCUT2D eigenvalue weighted by atomic mass is 9.70. The maximum atomic E-state index is 11.7. The number of ether oxygens (including phenoxy) is 1. The van der Waals surface area contributed by atoms with E-state index >= 15 is 0 Å². The lowest BCUT2D eigenvalue weighted by Gasteiger charge is -2.36. The molecule has 1 aliphatic rings. The zero-order chi connectivity index (χ0) is 15.2. The SMILES string of the molecule is CC(C)(C(=O)O)[C@@H]1c2ccccc2Oc2cc(O)ccc21. The number of para-hydroxylation sites is 1. The summed E-state index contributed by atoms with van der Waals surface area (Å²) in [5.74, 6) is 0.0294. The molecule has 4 heteroatoms. The van der Waals surface area contributed by atoms with Gasteiger partial charge in [0.2, 0.25) is 0 Å². The van der Waals surface area contributed by atoms with Crippen molar-refractivity contribution in [3.8, 4) is 17.2 Å². The molecule has 0 unspecified atom stereocenters. The van der Waals surface area contributed by atoms with Crippen molar-refractivity contribution in [1.29, 1.82) is 0 Å². The van der Waals surface area contributed by atoms with Gasteiger partial charge in [0.1, 0.15) is 17.2 Å². The number of benzene rings is 2. The van der Waals surface area contributed by atoms with Crippen LogP contribution in [0.3, 0.4) is 0 Å². The largest absolute Gasteiger partial charge is 0.508 e. The molecule has 4 nitrogen and oxygen atoms in total. The normalized spacial score (nSPS) is 16.6. The number of hydrogen-bond donors (Lipinski definition) is 2. The third kappa shape index (κ3) is 2.03. The van der Waals surface area contributed by atoms with Crippen molar-refractivity contribution in [2.24, 2.45) is 5.41 Å². The topological polar surface area (TPSA) is 66.8 Å². The van der Waals surface area contributed by atoms with Gasteiger partial charge < -0.3 is 14.9 Å². The van der Waals surface area contributed by atoms with E-state index in [0.717, 1.165) is 11.1 Å². The van der Waals surface area contributed by atoms with Gasteiger partial charge >= 0.3 is 5.97 Å². The fourth-order valence-electron chi connectivity index (χ4n) is 2.85. The highest BCUT2D eigenvalue weighted by Crippen LogP contribution is 2.52. The van der Waals surface area contributed by atoms with E-state index < -0.39 is 11.4 Å². The zero-order valence-electron chi connectivity index (χ0n) is 11.8. The van der Waals surface area contributed by atoms with E-state index in [1.807, 2.05) is 24.3 Å². The highest BCUT2D eigenvalue weighted by molar-refractivity contribution is 5.77. The van der Waals surface area contributed by atoms with E-state index in [-0.39, 0.29) is 11.7 Å².